The van der Waals surface area contributed by atoms with E-state index in [0.717, 1.165) is 29.5 Å². The minimum Gasteiger partial charge on any atom is -0.294 e. The van der Waals surface area contributed by atoms with Crippen molar-refractivity contribution in [2.24, 2.45) is 5.92 Å². The number of aromatic nitrogens is 2. The SMILES string of the molecule is C[C@@H]1CCc2c(sc3ncn(Cc4ccccc4F)c(=O)c23)C1. The Balaban J connectivity index is 1.82. The molecule has 0 saturated heterocycles. The molecule has 5 heteroatoms. The molecule has 0 spiro atoms. The number of halogens is 1. The van der Waals surface area contributed by atoms with Crippen LogP contribution in [-0.2, 0) is 19.4 Å². The van der Waals surface area contributed by atoms with Crippen LogP contribution in [0.15, 0.2) is 35.4 Å². The topological polar surface area (TPSA) is 34.9 Å². The van der Waals surface area contributed by atoms with Crippen molar-refractivity contribution < 1.29 is 4.39 Å². The number of rotatable bonds is 2. The summed E-state index contributed by atoms with van der Waals surface area (Å²) in [6, 6.07) is 6.56. The van der Waals surface area contributed by atoms with Crippen LogP contribution in [0.3, 0.4) is 0 Å². The number of nitrogens with zero attached hydrogens (tertiary/aromatic N) is 2. The molecule has 0 unspecified atom stereocenters. The van der Waals surface area contributed by atoms with Gasteiger partial charge in [0, 0.05) is 10.4 Å². The van der Waals surface area contributed by atoms with Gasteiger partial charge in [0.25, 0.3) is 5.56 Å². The molecule has 3 nitrogen and oxygen atoms in total. The smallest absolute Gasteiger partial charge is 0.262 e. The van der Waals surface area contributed by atoms with Gasteiger partial charge in [-0.3, -0.25) is 9.36 Å². The second-order valence-corrected chi connectivity index (χ2v) is 7.38. The number of thiophene rings is 1. The van der Waals surface area contributed by atoms with Crippen LogP contribution in [0.5, 0.6) is 0 Å². The molecule has 118 valence electrons. The van der Waals surface area contributed by atoms with Gasteiger partial charge in [0.15, 0.2) is 0 Å². The van der Waals surface area contributed by atoms with E-state index >= 15 is 0 Å². The van der Waals surface area contributed by atoms with Crippen molar-refractivity contribution >= 4 is 21.6 Å². The molecule has 0 aliphatic heterocycles. The van der Waals surface area contributed by atoms with E-state index in [1.807, 2.05) is 0 Å². The average molecular weight is 328 g/mol. The zero-order valence-electron chi connectivity index (χ0n) is 12.9. The maximum atomic E-state index is 13.8. The number of benzene rings is 1. The van der Waals surface area contributed by atoms with E-state index in [1.54, 1.807) is 35.9 Å². The lowest BCUT2D eigenvalue weighted by Gasteiger charge is -2.17. The Hall–Kier alpha value is -2.01. The van der Waals surface area contributed by atoms with Gasteiger partial charge >= 0.3 is 0 Å². The summed E-state index contributed by atoms with van der Waals surface area (Å²) in [5.74, 6) is 0.372. The van der Waals surface area contributed by atoms with Crippen LogP contribution in [0, 0.1) is 11.7 Å². The average Bonchev–Trinajstić information content (AvgIpc) is 2.90. The van der Waals surface area contributed by atoms with E-state index in [0.29, 0.717) is 11.5 Å². The Morgan fingerprint density at radius 2 is 2.22 bits per heavy atom. The molecule has 0 fully saturated rings. The Morgan fingerprint density at radius 1 is 1.39 bits per heavy atom. The highest BCUT2D eigenvalue weighted by atomic mass is 32.1. The number of hydrogen-bond donors (Lipinski definition) is 0. The molecule has 0 saturated carbocycles. The van der Waals surface area contributed by atoms with Crippen molar-refractivity contribution in [3.05, 3.63) is 62.8 Å². The summed E-state index contributed by atoms with van der Waals surface area (Å²) in [5.41, 5.74) is 1.63. The van der Waals surface area contributed by atoms with Crippen LogP contribution in [0.1, 0.15) is 29.3 Å². The van der Waals surface area contributed by atoms with E-state index in [-0.39, 0.29) is 17.9 Å². The predicted octanol–water partition coefficient (Wildman–Crippen LogP) is 3.77. The van der Waals surface area contributed by atoms with Gasteiger partial charge in [-0.05, 0) is 36.8 Å². The molecule has 3 aromatic rings. The molecule has 1 aromatic carbocycles. The molecule has 1 aliphatic carbocycles. The van der Waals surface area contributed by atoms with Gasteiger partial charge in [0.1, 0.15) is 10.6 Å². The largest absolute Gasteiger partial charge is 0.294 e. The summed E-state index contributed by atoms with van der Waals surface area (Å²) in [6.45, 7) is 2.46. The summed E-state index contributed by atoms with van der Waals surface area (Å²) in [5, 5.41) is 0.746. The van der Waals surface area contributed by atoms with Crippen LogP contribution in [0.25, 0.3) is 10.2 Å². The van der Waals surface area contributed by atoms with Gasteiger partial charge in [-0.25, -0.2) is 9.37 Å². The highest BCUT2D eigenvalue weighted by Crippen LogP contribution is 2.35. The van der Waals surface area contributed by atoms with Crippen molar-refractivity contribution in [1.29, 1.82) is 0 Å². The van der Waals surface area contributed by atoms with Crippen molar-refractivity contribution in [3.63, 3.8) is 0 Å². The Kier molecular flexibility index (Phi) is 3.53. The van der Waals surface area contributed by atoms with Crippen molar-refractivity contribution in [2.75, 3.05) is 0 Å². The Morgan fingerprint density at radius 3 is 3.04 bits per heavy atom. The Labute approximate surface area is 137 Å². The first-order chi connectivity index (χ1) is 11.1. The first kappa shape index (κ1) is 14.6. The number of hydrogen-bond acceptors (Lipinski definition) is 3. The fourth-order valence-corrected chi connectivity index (χ4v) is 4.63. The van der Waals surface area contributed by atoms with Crippen molar-refractivity contribution in [1.82, 2.24) is 9.55 Å². The summed E-state index contributed by atoms with van der Waals surface area (Å²) < 4.78 is 15.4. The molecule has 0 bridgehead atoms. The lowest BCUT2D eigenvalue weighted by atomic mass is 9.89. The van der Waals surface area contributed by atoms with Gasteiger partial charge < -0.3 is 0 Å². The van der Waals surface area contributed by atoms with E-state index < -0.39 is 0 Å². The van der Waals surface area contributed by atoms with E-state index in [2.05, 4.69) is 11.9 Å². The zero-order valence-corrected chi connectivity index (χ0v) is 13.7. The molecule has 23 heavy (non-hydrogen) atoms. The van der Waals surface area contributed by atoms with Crippen LogP contribution in [0.2, 0.25) is 0 Å². The minimum absolute atomic E-state index is 0.0506. The molecular formula is C18H17FN2OS. The fraction of sp³-hybridized carbons (Fsp3) is 0.333. The van der Waals surface area contributed by atoms with E-state index in [4.69, 9.17) is 0 Å². The molecular weight excluding hydrogens is 311 g/mol. The molecule has 2 heterocycles. The maximum Gasteiger partial charge on any atom is 0.262 e. The molecule has 2 aromatic heterocycles. The molecule has 0 amide bonds. The standard InChI is InChI=1S/C18H17FN2OS/c1-11-6-7-13-15(8-11)23-17-16(13)18(22)21(10-20-17)9-12-4-2-3-5-14(12)19/h2-5,10-11H,6-9H2,1H3/t11-/m1/s1. The second-order valence-electron chi connectivity index (χ2n) is 6.30. The minimum atomic E-state index is -0.291. The third-order valence-corrected chi connectivity index (χ3v) is 5.74. The van der Waals surface area contributed by atoms with Crippen LogP contribution >= 0.6 is 11.3 Å². The van der Waals surface area contributed by atoms with Crippen molar-refractivity contribution in [2.45, 2.75) is 32.7 Å². The van der Waals surface area contributed by atoms with Crippen LogP contribution in [0.4, 0.5) is 4.39 Å². The molecule has 0 radical (unpaired) electrons. The van der Waals surface area contributed by atoms with Crippen LogP contribution < -0.4 is 5.56 Å². The van der Waals surface area contributed by atoms with Gasteiger partial charge in [0.2, 0.25) is 0 Å². The predicted molar refractivity (Wildman–Crippen MR) is 90.6 cm³/mol. The second kappa shape index (κ2) is 5.57. The highest BCUT2D eigenvalue weighted by molar-refractivity contribution is 7.18. The van der Waals surface area contributed by atoms with E-state index in [1.165, 1.54) is 21.1 Å². The van der Waals surface area contributed by atoms with Crippen LogP contribution in [-0.4, -0.2) is 9.55 Å². The monoisotopic (exact) mass is 328 g/mol. The quantitative estimate of drug-likeness (QED) is 0.718. The zero-order chi connectivity index (χ0) is 16.0. The van der Waals surface area contributed by atoms with Crippen molar-refractivity contribution in [3.8, 4) is 0 Å². The lowest BCUT2D eigenvalue weighted by molar-refractivity contribution is 0.509. The van der Waals surface area contributed by atoms with Gasteiger partial charge in [0.05, 0.1) is 18.3 Å². The lowest BCUT2D eigenvalue weighted by Crippen LogP contribution is -2.22. The highest BCUT2D eigenvalue weighted by Gasteiger charge is 2.23. The van der Waals surface area contributed by atoms with Gasteiger partial charge in [-0.1, -0.05) is 25.1 Å². The summed E-state index contributed by atoms with van der Waals surface area (Å²) in [4.78, 5) is 19.4. The number of fused-ring (bicyclic) bond motifs is 3. The summed E-state index contributed by atoms with van der Waals surface area (Å²) in [7, 11) is 0. The molecule has 1 atom stereocenters. The molecule has 0 N–H and O–H groups in total. The number of aryl methyl sites for hydroxylation is 1. The first-order valence-electron chi connectivity index (χ1n) is 7.86. The third-order valence-electron chi connectivity index (χ3n) is 4.58. The van der Waals surface area contributed by atoms with Gasteiger partial charge in [-0.15, -0.1) is 11.3 Å². The van der Waals surface area contributed by atoms with E-state index in [9.17, 15) is 9.18 Å². The first-order valence-corrected chi connectivity index (χ1v) is 8.68. The Bertz CT molecular complexity index is 944. The molecule has 4 rings (SSSR count). The van der Waals surface area contributed by atoms with Gasteiger partial charge in [-0.2, -0.15) is 0 Å². The summed E-state index contributed by atoms with van der Waals surface area (Å²) in [6.07, 6.45) is 4.63. The summed E-state index contributed by atoms with van der Waals surface area (Å²) >= 11 is 1.64. The third kappa shape index (κ3) is 2.49. The molecule has 1 aliphatic rings. The fourth-order valence-electron chi connectivity index (χ4n) is 3.29. The maximum absolute atomic E-state index is 13.8. The normalized spacial score (nSPS) is 17.4.